The molecule has 0 aromatic carbocycles. The number of hydrogen-bond donors (Lipinski definition) is 5. The number of carbonyl (C=O) groups is 2. The zero-order valence-corrected chi connectivity index (χ0v) is 9.58. The zero-order chi connectivity index (χ0) is 14.4. The average molecular weight is 269 g/mol. The molecule has 0 spiro atoms. The molecule has 0 radical (unpaired) electrons. The SMILES string of the molecule is Nc1nc2nc[nH]c2c(=O)[nH]1.O=C(O)CCC(=O)O. The van der Waals surface area contributed by atoms with Gasteiger partial charge in [0.15, 0.2) is 11.2 Å². The van der Waals surface area contributed by atoms with Crippen LogP contribution < -0.4 is 11.3 Å². The molecule has 2 heterocycles. The predicted octanol–water partition coefficient (Wildman–Crippen LogP) is -0.836. The Morgan fingerprint density at radius 1 is 1.26 bits per heavy atom. The Hall–Kier alpha value is -2.91. The summed E-state index contributed by atoms with van der Waals surface area (Å²) in [7, 11) is 0. The maximum Gasteiger partial charge on any atom is 0.303 e. The minimum absolute atomic E-state index is 0.0783. The van der Waals surface area contributed by atoms with Crippen molar-refractivity contribution in [1.29, 1.82) is 0 Å². The fraction of sp³-hybridized carbons (Fsp3) is 0.222. The zero-order valence-electron chi connectivity index (χ0n) is 9.58. The van der Waals surface area contributed by atoms with Crippen molar-refractivity contribution in [3.05, 3.63) is 16.7 Å². The predicted molar refractivity (Wildman–Crippen MR) is 63.4 cm³/mol. The minimum atomic E-state index is -1.08. The first-order valence-electron chi connectivity index (χ1n) is 5.02. The highest BCUT2D eigenvalue weighted by Gasteiger charge is 2.02. The Morgan fingerprint density at radius 3 is 2.37 bits per heavy atom. The molecule has 10 nitrogen and oxygen atoms in total. The number of hydrogen-bond acceptors (Lipinski definition) is 6. The van der Waals surface area contributed by atoms with Crippen LogP contribution in [0.25, 0.3) is 11.2 Å². The molecular weight excluding hydrogens is 258 g/mol. The molecule has 2 aromatic heterocycles. The maximum atomic E-state index is 11.0. The van der Waals surface area contributed by atoms with E-state index in [2.05, 4.69) is 19.9 Å². The van der Waals surface area contributed by atoms with Crippen molar-refractivity contribution < 1.29 is 19.8 Å². The highest BCUT2D eigenvalue weighted by atomic mass is 16.4. The number of carboxylic acids is 2. The fourth-order valence-electron chi connectivity index (χ4n) is 1.07. The molecule has 0 saturated carbocycles. The normalized spacial score (nSPS) is 9.68. The molecule has 19 heavy (non-hydrogen) atoms. The maximum absolute atomic E-state index is 11.0. The van der Waals surface area contributed by atoms with Crippen LogP contribution in [0, 0.1) is 0 Å². The van der Waals surface area contributed by atoms with Crippen molar-refractivity contribution in [2.75, 3.05) is 5.73 Å². The number of nitrogens with zero attached hydrogens (tertiary/aromatic N) is 2. The van der Waals surface area contributed by atoms with Crippen molar-refractivity contribution in [1.82, 2.24) is 19.9 Å². The van der Waals surface area contributed by atoms with Crippen LogP contribution in [0.15, 0.2) is 11.1 Å². The van der Waals surface area contributed by atoms with Gasteiger partial charge in [0.05, 0.1) is 19.2 Å². The fourth-order valence-corrected chi connectivity index (χ4v) is 1.07. The molecule has 0 aliphatic heterocycles. The molecule has 0 aliphatic carbocycles. The molecule has 6 N–H and O–H groups in total. The monoisotopic (exact) mass is 269 g/mol. The molecule has 0 atom stereocenters. The first-order chi connectivity index (χ1) is 8.90. The smallest absolute Gasteiger partial charge is 0.303 e. The Balaban J connectivity index is 0.000000203. The number of nitrogen functional groups attached to an aromatic ring is 1. The number of nitrogens with one attached hydrogen (secondary N) is 2. The van der Waals surface area contributed by atoms with Crippen molar-refractivity contribution in [2.24, 2.45) is 0 Å². The summed E-state index contributed by atoms with van der Waals surface area (Å²) >= 11 is 0. The van der Waals surface area contributed by atoms with E-state index in [1.54, 1.807) is 0 Å². The number of fused-ring (bicyclic) bond motifs is 1. The third-order valence-corrected chi connectivity index (χ3v) is 1.87. The number of carboxylic acid groups (broad SMARTS) is 2. The van der Waals surface area contributed by atoms with E-state index in [0.717, 1.165) is 0 Å². The minimum Gasteiger partial charge on any atom is -0.481 e. The van der Waals surface area contributed by atoms with Gasteiger partial charge in [-0.3, -0.25) is 19.4 Å². The highest BCUT2D eigenvalue weighted by molar-refractivity contribution is 5.75. The van der Waals surface area contributed by atoms with Gasteiger partial charge in [0.2, 0.25) is 5.95 Å². The Bertz CT molecular complexity index is 632. The van der Waals surface area contributed by atoms with Gasteiger partial charge < -0.3 is 20.9 Å². The van der Waals surface area contributed by atoms with Crippen LogP contribution in [0.5, 0.6) is 0 Å². The second-order valence-corrected chi connectivity index (χ2v) is 3.34. The highest BCUT2D eigenvalue weighted by Crippen LogP contribution is 1.98. The number of anilines is 1. The summed E-state index contributed by atoms with van der Waals surface area (Å²) in [5.41, 5.74) is 5.65. The lowest BCUT2D eigenvalue weighted by molar-refractivity contribution is -0.143. The van der Waals surface area contributed by atoms with E-state index in [9.17, 15) is 14.4 Å². The molecule has 0 aliphatic rings. The van der Waals surface area contributed by atoms with Gasteiger partial charge in [-0.25, -0.2) is 4.98 Å². The van der Waals surface area contributed by atoms with Gasteiger partial charge in [-0.15, -0.1) is 0 Å². The van der Waals surface area contributed by atoms with Crippen LogP contribution in [0.3, 0.4) is 0 Å². The first kappa shape index (κ1) is 14.2. The van der Waals surface area contributed by atoms with Crippen molar-refractivity contribution in [3.8, 4) is 0 Å². The first-order valence-corrected chi connectivity index (χ1v) is 5.02. The summed E-state index contributed by atoms with van der Waals surface area (Å²) in [6.45, 7) is 0. The Morgan fingerprint density at radius 2 is 1.84 bits per heavy atom. The van der Waals surface area contributed by atoms with Crippen LogP contribution in [-0.4, -0.2) is 42.1 Å². The molecule has 102 valence electrons. The van der Waals surface area contributed by atoms with E-state index in [-0.39, 0.29) is 24.3 Å². The quantitative estimate of drug-likeness (QED) is 0.479. The number of H-pyrrole nitrogens is 2. The van der Waals surface area contributed by atoms with E-state index in [1.165, 1.54) is 6.33 Å². The second kappa shape index (κ2) is 6.14. The van der Waals surface area contributed by atoms with Crippen molar-refractivity contribution in [3.63, 3.8) is 0 Å². The number of aromatic amines is 2. The third-order valence-electron chi connectivity index (χ3n) is 1.87. The number of imidazole rings is 1. The molecule has 0 unspecified atom stereocenters. The summed E-state index contributed by atoms with van der Waals surface area (Å²) in [5.74, 6) is -2.07. The molecule has 0 amide bonds. The van der Waals surface area contributed by atoms with E-state index in [1.807, 2.05) is 0 Å². The summed E-state index contributed by atoms with van der Waals surface area (Å²) in [5, 5.41) is 15.8. The summed E-state index contributed by atoms with van der Waals surface area (Å²) in [6, 6.07) is 0. The molecule has 0 bridgehead atoms. The lowest BCUT2D eigenvalue weighted by Crippen LogP contribution is -2.10. The van der Waals surface area contributed by atoms with Crippen LogP contribution in [0.4, 0.5) is 5.95 Å². The van der Waals surface area contributed by atoms with Crippen LogP contribution >= 0.6 is 0 Å². The van der Waals surface area contributed by atoms with Crippen LogP contribution in [-0.2, 0) is 9.59 Å². The molecule has 0 saturated heterocycles. The summed E-state index contributed by atoms with van der Waals surface area (Å²) < 4.78 is 0. The standard InChI is InChI=1S/C5H5N5O.C4H6O4/c6-5-9-3-2(4(11)10-5)7-1-8-3;5-3(6)1-2-4(7)8/h1H,(H4,6,7,8,9,10,11);1-2H2,(H,5,6)(H,7,8). The molecule has 2 rings (SSSR count). The van der Waals surface area contributed by atoms with Gasteiger partial charge in [-0.1, -0.05) is 0 Å². The largest absolute Gasteiger partial charge is 0.481 e. The third kappa shape index (κ3) is 4.46. The second-order valence-electron chi connectivity index (χ2n) is 3.34. The van der Waals surface area contributed by atoms with Gasteiger partial charge in [0.25, 0.3) is 5.56 Å². The lowest BCUT2D eigenvalue weighted by atomic mass is 10.3. The molecule has 2 aromatic rings. The van der Waals surface area contributed by atoms with Gasteiger partial charge >= 0.3 is 11.9 Å². The Labute approximate surface area is 105 Å². The van der Waals surface area contributed by atoms with E-state index >= 15 is 0 Å². The van der Waals surface area contributed by atoms with Crippen molar-refractivity contribution >= 4 is 29.1 Å². The molecule has 0 fully saturated rings. The van der Waals surface area contributed by atoms with E-state index in [0.29, 0.717) is 11.2 Å². The van der Waals surface area contributed by atoms with Crippen LogP contribution in [0.2, 0.25) is 0 Å². The van der Waals surface area contributed by atoms with E-state index in [4.69, 9.17) is 15.9 Å². The number of rotatable bonds is 3. The Kier molecular flexibility index (Phi) is 4.57. The molecule has 10 heteroatoms. The van der Waals surface area contributed by atoms with E-state index < -0.39 is 11.9 Å². The average Bonchev–Trinajstić information content (AvgIpc) is 2.75. The number of aliphatic carboxylic acids is 2. The van der Waals surface area contributed by atoms with Gasteiger partial charge in [-0.05, 0) is 0 Å². The van der Waals surface area contributed by atoms with Gasteiger partial charge in [-0.2, -0.15) is 4.98 Å². The summed E-state index contributed by atoms with van der Waals surface area (Å²) in [4.78, 5) is 42.8. The number of aromatic nitrogens is 4. The van der Waals surface area contributed by atoms with Crippen LogP contribution in [0.1, 0.15) is 12.8 Å². The number of nitrogens with two attached hydrogens (primary N) is 1. The van der Waals surface area contributed by atoms with Gasteiger partial charge in [0.1, 0.15) is 0 Å². The van der Waals surface area contributed by atoms with Gasteiger partial charge in [0, 0.05) is 0 Å². The molecular formula is C9H11N5O5. The van der Waals surface area contributed by atoms with Crippen molar-refractivity contribution in [2.45, 2.75) is 12.8 Å². The topological polar surface area (TPSA) is 175 Å². The lowest BCUT2D eigenvalue weighted by Gasteiger charge is -1.89. The summed E-state index contributed by atoms with van der Waals surface area (Å²) in [6.07, 6.45) is 0.803.